The Morgan fingerprint density at radius 2 is 1.78 bits per heavy atom. The predicted octanol–water partition coefficient (Wildman–Crippen LogP) is 1.39. The minimum Gasteiger partial charge on any atom is -0.356 e. The van der Waals surface area contributed by atoms with Crippen molar-refractivity contribution >= 4 is 15.9 Å². The highest BCUT2D eigenvalue weighted by Gasteiger charge is 2.49. The molecule has 0 aromatic heterocycles. The second kappa shape index (κ2) is 5.48. The van der Waals surface area contributed by atoms with E-state index in [-0.39, 0.29) is 25.1 Å². The first-order valence-electron chi connectivity index (χ1n) is 7.19. The van der Waals surface area contributed by atoms with Gasteiger partial charge in [0.2, 0.25) is 15.9 Å². The van der Waals surface area contributed by atoms with Crippen LogP contribution >= 0.6 is 0 Å². The second-order valence-corrected chi connectivity index (χ2v) is 7.83. The Labute approximate surface area is 131 Å². The average Bonchev–Trinajstić information content (AvgIpc) is 2.92. The Morgan fingerprint density at radius 1 is 1.09 bits per heavy atom. The van der Waals surface area contributed by atoms with Crippen LogP contribution in [0.25, 0.3) is 0 Å². The third kappa shape index (κ3) is 2.61. The van der Waals surface area contributed by atoms with E-state index in [1.54, 1.807) is 0 Å². The molecule has 1 amide bonds. The van der Waals surface area contributed by atoms with Crippen molar-refractivity contribution in [3.63, 3.8) is 0 Å². The van der Waals surface area contributed by atoms with Gasteiger partial charge in [0.05, 0.1) is 5.41 Å². The van der Waals surface area contributed by atoms with Gasteiger partial charge in [-0.1, -0.05) is 0 Å². The average molecular weight is 348 g/mol. The van der Waals surface area contributed by atoms with Gasteiger partial charge < -0.3 is 5.32 Å². The number of hydrogen-bond acceptors (Lipinski definition) is 3. The fourth-order valence-electron chi connectivity index (χ4n) is 3.20. The molecule has 23 heavy (non-hydrogen) atoms. The Kier molecular flexibility index (Phi) is 3.88. The van der Waals surface area contributed by atoms with Gasteiger partial charge in [-0.2, -0.15) is 4.31 Å². The maximum absolute atomic E-state index is 13.8. The molecular formula is C14H15F3N2O3S. The van der Waals surface area contributed by atoms with Crippen molar-refractivity contribution < 1.29 is 26.4 Å². The number of hydrogen-bond donors (Lipinski definition) is 1. The summed E-state index contributed by atoms with van der Waals surface area (Å²) in [6, 6.07) is 0.549. The van der Waals surface area contributed by atoms with Crippen molar-refractivity contribution in [2.45, 2.75) is 24.2 Å². The number of carbonyl (C=O) groups excluding carboxylic acids is 1. The van der Waals surface area contributed by atoms with E-state index in [1.165, 1.54) is 0 Å². The molecule has 2 aliphatic heterocycles. The molecule has 2 heterocycles. The molecule has 0 aliphatic carbocycles. The minimum absolute atomic E-state index is 0.0359. The number of sulfonamides is 1. The number of benzene rings is 1. The van der Waals surface area contributed by atoms with Crippen LogP contribution in [-0.4, -0.2) is 38.3 Å². The first-order chi connectivity index (χ1) is 10.8. The number of piperidine rings is 1. The highest BCUT2D eigenvalue weighted by atomic mass is 32.2. The fraction of sp³-hybridized carbons (Fsp3) is 0.500. The number of rotatable bonds is 2. The van der Waals surface area contributed by atoms with Crippen molar-refractivity contribution in [3.8, 4) is 0 Å². The minimum atomic E-state index is -4.34. The number of nitrogens with zero attached hydrogens (tertiary/aromatic N) is 1. The van der Waals surface area contributed by atoms with Crippen LogP contribution in [0.3, 0.4) is 0 Å². The normalized spacial score (nSPS) is 25.8. The molecule has 0 saturated carbocycles. The molecule has 0 radical (unpaired) electrons. The maximum atomic E-state index is 13.8. The van der Waals surface area contributed by atoms with Crippen molar-refractivity contribution in [2.24, 2.45) is 5.41 Å². The number of carbonyl (C=O) groups is 1. The summed E-state index contributed by atoms with van der Waals surface area (Å²) < 4.78 is 66.1. The molecule has 9 heteroatoms. The Balaban J connectivity index is 1.93. The number of amides is 1. The molecule has 0 unspecified atom stereocenters. The van der Waals surface area contributed by atoms with E-state index in [0.29, 0.717) is 25.5 Å². The lowest BCUT2D eigenvalue weighted by Crippen LogP contribution is -2.47. The predicted molar refractivity (Wildman–Crippen MR) is 74.4 cm³/mol. The van der Waals surface area contributed by atoms with Gasteiger partial charge in [0.25, 0.3) is 0 Å². The summed E-state index contributed by atoms with van der Waals surface area (Å²) in [5, 5.41) is 2.71. The van der Waals surface area contributed by atoms with Crippen LogP contribution in [-0.2, 0) is 14.8 Å². The molecule has 1 atom stereocenters. The SMILES string of the molecule is O=C1NCCC[C@]12CCN(S(=O)(=O)c1cc(F)c(F)cc1F)C2. The molecule has 126 valence electrons. The third-order valence-electron chi connectivity index (χ3n) is 4.51. The van der Waals surface area contributed by atoms with E-state index >= 15 is 0 Å². The molecule has 3 rings (SSSR count). The summed E-state index contributed by atoms with van der Waals surface area (Å²) >= 11 is 0. The van der Waals surface area contributed by atoms with E-state index in [2.05, 4.69) is 5.32 Å². The highest BCUT2D eigenvalue weighted by molar-refractivity contribution is 7.89. The van der Waals surface area contributed by atoms with Gasteiger partial charge in [-0.15, -0.1) is 0 Å². The molecule has 1 N–H and O–H groups in total. The summed E-state index contributed by atoms with van der Waals surface area (Å²) in [7, 11) is -4.34. The molecular weight excluding hydrogens is 333 g/mol. The van der Waals surface area contributed by atoms with Crippen molar-refractivity contribution in [2.75, 3.05) is 19.6 Å². The Morgan fingerprint density at radius 3 is 2.48 bits per heavy atom. The molecule has 2 aliphatic rings. The molecule has 5 nitrogen and oxygen atoms in total. The molecule has 1 aromatic rings. The van der Waals surface area contributed by atoms with Crippen LogP contribution in [0.4, 0.5) is 13.2 Å². The standard InChI is InChI=1S/C14H15F3N2O3S/c15-9-6-11(17)12(7-10(9)16)23(21,22)19-5-3-14(8-19)2-1-4-18-13(14)20/h6-7H,1-5,8H2,(H,18,20)/t14-/m1/s1. The van der Waals surface area contributed by atoms with Gasteiger partial charge in [0.15, 0.2) is 11.6 Å². The Bertz CT molecular complexity index is 769. The topological polar surface area (TPSA) is 66.5 Å². The first kappa shape index (κ1) is 16.3. The lowest BCUT2D eigenvalue weighted by molar-refractivity contribution is -0.132. The van der Waals surface area contributed by atoms with Crippen LogP contribution in [0.1, 0.15) is 19.3 Å². The van der Waals surface area contributed by atoms with Gasteiger partial charge in [0, 0.05) is 25.7 Å². The van der Waals surface area contributed by atoms with Crippen molar-refractivity contribution in [1.82, 2.24) is 9.62 Å². The molecule has 0 bridgehead atoms. The van der Waals surface area contributed by atoms with Crippen molar-refractivity contribution in [3.05, 3.63) is 29.6 Å². The van der Waals surface area contributed by atoms with Crippen LogP contribution in [0, 0.1) is 22.9 Å². The van der Waals surface area contributed by atoms with Crippen LogP contribution < -0.4 is 5.32 Å². The van der Waals surface area contributed by atoms with Crippen molar-refractivity contribution in [1.29, 1.82) is 0 Å². The van der Waals surface area contributed by atoms with Gasteiger partial charge in [0.1, 0.15) is 10.7 Å². The number of nitrogens with one attached hydrogen (secondary N) is 1. The van der Waals surface area contributed by atoms with Gasteiger partial charge >= 0.3 is 0 Å². The maximum Gasteiger partial charge on any atom is 0.246 e. The van der Waals surface area contributed by atoms with Crippen LogP contribution in [0.5, 0.6) is 0 Å². The monoisotopic (exact) mass is 348 g/mol. The van der Waals surface area contributed by atoms with E-state index in [1.807, 2.05) is 0 Å². The third-order valence-corrected chi connectivity index (χ3v) is 6.37. The zero-order chi connectivity index (χ0) is 16.8. The molecule has 1 spiro atoms. The molecule has 1 aromatic carbocycles. The summed E-state index contributed by atoms with van der Waals surface area (Å²) in [5.41, 5.74) is -0.819. The summed E-state index contributed by atoms with van der Waals surface area (Å²) in [4.78, 5) is 11.2. The van der Waals surface area contributed by atoms with E-state index < -0.39 is 37.8 Å². The van der Waals surface area contributed by atoms with Crippen LogP contribution in [0.15, 0.2) is 17.0 Å². The summed E-state index contributed by atoms with van der Waals surface area (Å²) in [6.45, 7) is 0.499. The zero-order valence-corrected chi connectivity index (χ0v) is 12.9. The Hall–Kier alpha value is -1.61. The highest BCUT2D eigenvalue weighted by Crippen LogP contribution is 2.39. The smallest absolute Gasteiger partial charge is 0.246 e. The van der Waals surface area contributed by atoms with E-state index in [4.69, 9.17) is 0 Å². The molecule has 2 saturated heterocycles. The van der Waals surface area contributed by atoms with Gasteiger partial charge in [-0.3, -0.25) is 4.79 Å². The summed E-state index contributed by atoms with van der Waals surface area (Å²) in [6.07, 6.45) is 1.60. The van der Waals surface area contributed by atoms with Gasteiger partial charge in [-0.25, -0.2) is 21.6 Å². The fourth-order valence-corrected chi connectivity index (χ4v) is 4.78. The van der Waals surface area contributed by atoms with E-state index in [0.717, 1.165) is 10.7 Å². The largest absolute Gasteiger partial charge is 0.356 e. The summed E-state index contributed by atoms with van der Waals surface area (Å²) in [5.74, 6) is -4.45. The van der Waals surface area contributed by atoms with Crippen LogP contribution in [0.2, 0.25) is 0 Å². The lowest BCUT2D eigenvalue weighted by Gasteiger charge is -2.32. The number of halogens is 3. The van der Waals surface area contributed by atoms with E-state index in [9.17, 15) is 26.4 Å². The lowest BCUT2D eigenvalue weighted by atomic mass is 9.79. The van der Waals surface area contributed by atoms with Gasteiger partial charge in [-0.05, 0) is 25.3 Å². The quantitative estimate of drug-likeness (QED) is 0.822. The zero-order valence-electron chi connectivity index (χ0n) is 12.1. The second-order valence-electron chi connectivity index (χ2n) is 5.93. The first-order valence-corrected chi connectivity index (χ1v) is 8.63. The molecule has 2 fully saturated rings.